The molecule has 0 unspecified atom stereocenters. The molecule has 0 atom stereocenters. The Morgan fingerprint density at radius 2 is 1.67 bits per heavy atom. The van der Waals surface area contributed by atoms with Crippen molar-refractivity contribution in [3.05, 3.63) is 70.2 Å². The van der Waals surface area contributed by atoms with Crippen LogP contribution in [0.5, 0.6) is 0 Å². The molecule has 0 heterocycles. The van der Waals surface area contributed by atoms with Crippen molar-refractivity contribution in [1.82, 2.24) is 10.6 Å². The van der Waals surface area contributed by atoms with Crippen LogP contribution in [0.1, 0.15) is 16.7 Å². The van der Waals surface area contributed by atoms with Crippen molar-refractivity contribution in [3.8, 4) is 0 Å². The maximum Gasteiger partial charge on any atom is 0.239 e. The molecule has 0 aromatic heterocycles. The minimum Gasteiger partial charge on any atom is -0.354 e. The standard InChI is InChI=1S/C19H21ClN2O2/c1-14-4-2-3-5-16(14)12-18(23)22-13-19(24)21-11-10-15-6-8-17(20)9-7-15/h2-9H,10-13H2,1H3,(H,21,24)(H,22,23). The monoisotopic (exact) mass is 344 g/mol. The van der Waals surface area contributed by atoms with Gasteiger partial charge in [-0.2, -0.15) is 0 Å². The fraction of sp³-hybridized carbons (Fsp3) is 0.263. The lowest BCUT2D eigenvalue weighted by atomic mass is 10.1. The summed E-state index contributed by atoms with van der Waals surface area (Å²) in [7, 11) is 0. The molecule has 2 N–H and O–H groups in total. The van der Waals surface area contributed by atoms with Gasteiger partial charge in [0.1, 0.15) is 0 Å². The minimum atomic E-state index is -0.193. The lowest BCUT2D eigenvalue weighted by Crippen LogP contribution is -2.38. The molecule has 0 bridgehead atoms. The van der Waals surface area contributed by atoms with Crippen molar-refractivity contribution in [2.24, 2.45) is 0 Å². The highest BCUT2D eigenvalue weighted by Crippen LogP contribution is 2.09. The molecule has 2 aromatic carbocycles. The van der Waals surface area contributed by atoms with E-state index in [1.54, 1.807) is 0 Å². The average molecular weight is 345 g/mol. The lowest BCUT2D eigenvalue weighted by molar-refractivity contribution is -0.125. The molecule has 5 heteroatoms. The van der Waals surface area contributed by atoms with Gasteiger partial charge in [0.15, 0.2) is 0 Å². The molecule has 0 saturated carbocycles. The number of hydrogen-bond acceptors (Lipinski definition) is 2. The molecule has 2 rings (SSSR count). The number of halogens is 1. The van der Waals surface area contributed by atoms with Crippen molar-refractivity contribution in [3.63, 3.8) is 0 Å². The maximum absolute atomic E-state index is 11.9. The molecule has 0 fully saturated rings. The Kier molecular flexibility index (Phi) is 6.82. The minimum absolute atomic E-state index is 0.00860. The summed E-state index contributed by atoms with van der Waals surface area (Å²) in [6.07, 6.45) is 1.00. The van der Waals surface area contributed by atoms with E-state index in [4.69, 9.17) is 11.6 Å². The fourth-order valence-corrected chi connectivity index (χ4v) is 2.41. The van der Waals surface area contributed by atoms with Crippen molar-refractivity contribution in [2.45, 2.75) is 19.8 Å². The van der Waals surface area contributed by atoms with Crippen LogP contribution in [0.25, 0.3) is 0 Å². The third-order valence-electron chi connectivity index (χ3n) is 3.71. The molecular formula is C19H21ClN2O2. The highest BCUT2D eigenvalue weighted by molar-refractivity contribution is 6.30. The number of benzene rings is 2. The van der Waals surface area contributed by atoms with E-state index >= 15 is 0 Å². The van der Waals surface area contributed by atoms with E-state index in [1.807, 2.05) is 55.5 Å². The van der Waals surface area contributed by atoms with Crippen LogP contribution in [0.15, 0.2) is 48.5 Å². The number of hydrogen-bond donors (Lipinski definition) is 2. The van der Waals surface area contributed by atoms with Crippen molar-refractivity contribution >= 4 is 23.4 Å². The molecule has 0 radical (unpaired) electrons. The zero-order chi connectivity index (χ0) is 17.4. The van der Waals surface area contributed by atoms with Crippen molar-refractivity contribution in [2.75, 3.05) is 13.1 Å². The Morgan fingerprint density at radius 3 is 2.38 bits per heavy atom. The summed E-state index contributed by atoms with van der Waals surface area (Å²) in [5, 5.41) is 6.13. The molecule has 0 aliphatic heterocycles. The molecular weight excluding hydrogens is 324 g/mol. The summed E-state index contributed by atoms with van der Waals surface area (Å²) in [6, 6.07) is 15.2. The van der Waals surface area contributed by atoms with Crippen LogP contribution >= 0.6 is 11.6 Å². The molecule has 2 aromatic rings. The zero-order valence-corrected chi connectivity index (χ0v) is 14.4. The summed E-state index contributed by atoms with van der Waals surface area (Å²) in [6.45, 7) is 2.48. The van der Waals surface area contributed by atoms with Crippen LogP contribution in [0.2, 0.25) is 5.02 Å². The summed E-state index contributed by atoms with van der Waals surface area (Å²) >= 11 is 5.82. The molecule has 0 saturated heterocycles. The van der Waals surface area contributed by atoms with Crippen LogP contribution < -0.4 is 10.6 Å². The Labute approximate surface area is 147 Å². The lowest BCUT2D eigenvalue weighted by Gasteiger charge is -2.08. The topological polar surface area (TPSA) is 58.2 Å². The molecule has 24 heavy (non-hydrogen) atoms. The van der Waals surface area contributed by atoms with Gasteiger partial charge in [0.05, 0.1) is 13.0 Å². The highest BCUT2D eigenvalue weighted by atomic mass is 35.5. The van der Waals surface area contributed by atoms with Crippen LogP contribution in [-0.4, -0.2) is 24.9 Å². The SMILES string of the molecule is Cc1ccccc1CC(=O)NCC(=O)NCCc1ccc(Cl)cc1. The van der Waals surface area contributed by atoms with Gasteiger partial charge in [-0.15, -0.1) is 0 Å². The molecule has 0 aliphatic carbocycles. The number of nitrogens with one attached hydrogen (secondary N) is 2. The van der Waals surface area contributed by atoms with E-state index in [0.29, 0.717) is 11.6 Å². The second-order valence-electron chi connectivity index (χ2n) is 5.61. The third-order valence-corrected chi connectivity index (χ3v) is 3.96. The van der Waals surface area contributed by atoms with E-state index in [0.717, 1.165) is 23.1 Å². The third kappa shape index (κ3) is 6.05. The van der Waals surface area contributed by atoms with Gasteiger partial charge in [0.2, 0.25) is 11.8 Å². The number of amides is 2. The van der Waals surface area contributed by atoms with E-state index in [2.05, 4.69) is 10.6 Å². The Bertz CT molecular complexity index is 699. The van der Waals surface area contributed by atoms with Gasteiger partial charge in [-0.05, 0) is 42.2 Å². The van der Waals surface area contributed by atoms with Crippen LogP contribution in [-0.2, 0) is 22.4 Å². The van der Waals surface area contributed by atoms with Gasteiger partial charge in [-0.1, -0.05) is 48.0 Å². The molecule has 0 aliphatic rings. The average Bonchev–Trinajstić information content (AvgIpc) is 2.57. The first-order valence-electron chi connectivity index (χ1n) is 7.87. The largest absolute Gasteiger partial charge is 0.354 e. The van der Waals surface area contributed by atoms with Crippen LogP contribution in [0, 0.1) is 6.92 Å². The second kappa shape index (κ2) is 9.08. The number of rotatable bonds is 7. The predicted octanol–water partition coefficient (Wildman–Crippen LogP) is 2.67. The normalized spacial score (nSPS) is 10.2. The van der Waals surface area contributed by atoms with Crippen LogP contribution in [0.4, 0.5) is 0 Å². The van der Waals surface area contributed by atoms with Gasteiger partial charge in [0.25, 0.3) is 0 Å². The Morgan fingerprint density at radius 1 is 0.958 bits per heavy atom. The smallest absolute Gasteiger partial charge is 0.239 e. The first-order chi connectivity index (χ1) is 11.5. The zero-order valence-electron chi connectivity index (χ0n) is 13.6. The maximum atomic E-state index is 11.9. The van der Waals surface area contributed by atoms with Gasteiger partial charge in [0, 0.05) is 11.6 Å². The summed E-state index contributed by atoms with van der Waals surface area (Å²) in [5.41, 5.74) is 3.14. The van der Waals surface area contributed by atoms with Crippen LogP contribution in [0.3, 0.4) is 0 Å². The highest BCUT2D eigenvalue weighted by Gasteiger charge is 2.07. The molecule has 2 amide bonds. The quantitative estimate of drug-likeness (QED) is 0.811. The summed E-state index contributed by atoms with van der Waals surface area (Å²) in [4.78, 5) is 23.7. The fourth-order valence-electron chi connectivity index (χ4n) is 2.28. The molecule has 0 spiro atoms. The summed E-state index contributed by atoms with van der Waals surface area (Å²) < 4.78 is 0. The first kappa shape index (κ1) is 18.0. The second-order valence-corrected chi connectivity index (χ2v) is 6.04. The number of aryl methyl sites for hydroxylation is 1. The number of carbonyl (C=O) groups is 2. The predicted molar refractivity (Wildman–Crippen MR) is 96.1 cm³/mol. The van der Waals surface area contributed by atoms with E-state index in [-0.39, 0.29) is 24.8 Å². The van der Waals surface area contributed by atoms with Gasteiger partial charge in [-0.25, -0.2) is 0 Å². The first-order valence-corrected chi connectivity index (χ1v) is 8.25. The molecule has 126 valence electrons. The summed E-state index contributed by atoms with van der Waals surface area (Å²) in [5.74, 6) is -0.348. The van der Waals surface area contributed by atoms with Gasteiger partial charge in [-0.3, -0.25) is 9.59 Å². The molecule has 4 nitrogen and oxygen atoms in total. The van der Waals surface area contributed by atoms with Crippen molar-refractivity contribution < 1.29 is 9.59 Å². The number of carbonyl (C=O) groups excluding carboxylic acids is 2. The van der Waals surface area contributed by atoms with E-state index < -0.39 is 0 Å². The van der Waals surface area contributed by atoms with Gasteiger partial charge < -0.3 is 10.6 Å². The Balaban J connectivity index is 1.66. The van der Waals surface area contributed by atoms with E-state index in [1.165, 1.54) is 0 Å². The Hall–Kier alpha value is -2.33. The van der Waals surface area contributed by atoms with Gasteiger partial charge >= 0.3 is 0 Å². The van der Waals surface area contributed by atoms with E-state index in [9.17, 15) is 9.59 Å². The van der Waals surface area contributed by atoms with Crippen molar-refractivity contribution in [1.29, 1.82) is 0 Å².